The molecule has 0 saturated heterocycles. The number of carbonyl (C=O) groups excluding carboxylic acids is 4. The van der Waals surface area contributed by atoms with Crippen molar-refractivity contribution in [1.82, 2.24) is 10.6 Å². The molecule has 2 atom stereocenters. The average molecular weight is 535 g/mol. The van der Waals surface area contributed by atoms with E-state index in [9.17, 15) is 29.3 Å². The van der Waals surface area contributed by atoms with Gasteiger partial charge in [0.15, 0.2) is 0 Å². The second-order valence-corrected chi connectivity index (χ2v) is 7.69. The van der Waals surface area contributed by atoms with Crippen LogP contribution in [0.3, 0.4) is 0 Å². The molecule has 0 radical (unpaired) electrons. The topological polar surface area (TPSA) is 186 Å². The van der Waals surface area contributed by atoms with E-state index < -0.39 is 28.9 Å². The van der Waals surface area contributed by atoms with Crippen LogP contribution in [-0.4, -0.2) is 60.2 Å². The Morgan fingerprint density at radius 1 is 0.816 bits per heavy atom. The Morgan fingerprint density at radius 2 is 1.18 bits per heavy atom. The summed E-state index contributed by atoms with van der Waals surface area (Å²) in [6.07, 6.45) is 0.544. The first-order chi connectivity index (χ1) is 17.5. The molecule has 13 nitrogen and oxygen atoms in total. The molecule has 208 valence electrons. The van der Waals surface area contributed by atoms with Crippen LogP contribution in [0.25, 0.3) is 0 Å². The van der Waals surface area contributed by atoms with Gasteiger partial charge < -0.3 is 20.1 Å². The van der Waals surface area contributed by atoms with E-state index in [1.165, 1.54) is 52.3 Å². The number of anilines is 1. The van der Waals surface area contributed by atoms with Crippen LogP contribution < -0.4 is 16.1 Å². The molecule has 0 unspecified atom stereocenters. The molecule has 13 heteroatoms. The average Bonchev–Trinajstić information content (AvgIpc) is 2.87. The fourth-order valence-electron chi connectivity index (χ4n) is 3.10. The molecule has 2 amide bonds. The highest BCUT2D eigenvalue weighted by atomic mass is 16.6. The van der Waals surface area contributed by atoms with Crippen LogP contribution in [0.4, 0.5) is 11.4 Å². The second kappa shape index (κ2) is 17.0. The van der Waals surface area contributed by atoms with Crippen molar-refractivity contribution < 1.29 is 38.8 Å². The minimum absolute atomic E-state index is 0. The van der Waals surface area contributed by atoms with E-state index in [2.05, 4.69) is 20.1 Å². The number of esters is 2. The molecule has 2 aromatic carbocycles. The predicted octanol–water partition coefficient (Wildman–Crippen LogP) is 2.16. The largest absolute Gasteiger partial charge is 0.467 e. The number of methoxy groups -OCH3 is 2. The summed E-state index contributed by atoms with van der Waals surface area (Å²) in [5.74, 6) is -1.69. The maximum absolute atomic E-state index is 11.5. The summed E-state index contributed by atoms with van der Waals surface area (Å²) in [4.78, 5) is 55.0. The SMILES string of the molecule is C.COC(=O)[C@@H](Cc1ccc(NO)cc1)NC(C)=O.COC(=O)[C@@H](Cc1ccc([N+](=O)[O-])cc1)NC(C)=O. The number of nitrogens with zero attached hydrogens (tertiary/aromatic N) is 1. The van der Waals surface area contributed by atoms with Crippen molar-refractivity contribution in [1.29, 1.82) is 0 Å². The predicted molar refractivity (Wildman–Crippen MR) is 138 cm³/mol. The number of nitrogens with one attached hydrogen (secondary N) is 3. The molecule has 0 heterocycles. The monoisotopic (exact) mass is 534 g/mol. The molecule has 2 rings (SSSR count). The van der Waals surface area contributed by atoms with Crippen LogP contribution in [0.2, 0.25) is 0 Å². The molecule has 0 saturated carbocycles. The summed E-state index contributed by atoms with van der Waals surface area (Å²) in [7, 11) is 2.50. The van der Waals surface area contributed by atoms with Gasteiger partial charge in [-0.3, -0.25) is 30.4 Å². The van der Waals surface area contributed by atoms with Crippen molar-refractivity contribution in [2.75, 3.05) is 19.7 Å². The number of carbonyl (C=O) groups is 4. The van der Waals surface area contributed by atoms with Gasteiger partial charge in [-0.25, -0.2) is 9.59 Å². The minimum atomic E-state index is -0.802. The Kier molecular flexibility index (Phi) is 15.0. The van der Waals surface area contributed by atoms with E-state index in [1.807, 2.05) is 5.48 Å². The molecule has 0 spiro atoms. The van der Waals surface area contributed by atoms with Gasteiger partial charge in [0.05, 0.1) is 24.8 Å². The van der Waals surface area contributed by atoms with E-state index in [0.29, 0.717) is 17.7 Å². The fraction of sp³-hybridized carbons (Fsp3) is 0.360. The maximum Gasteiger partial charge on any atom is 0.328 e. The molecule has 0 aliphatic heterocycles. The van der Waals surface area contributed by atoms with Crippen molar-refractivity contribution in [2.45, 2.75) is 46.2 Å². The second-order valence-electron chi connectivity index (χ2n) is 7.69. The van der Waals surface area contributed by atoms with Gasteiger partial charge in [0.25, 0.3) is 5.69 Å². The van der Waals surface area contributed by atoms with E-state index >= 15 is 0 Å². The Bertz CT molecular complexity index is 1070. The van der Waals surface area contributed by atoms with Gasteiger partial charge in [-0.15, -0.1) is 0 Å². The minimum Gasteiger partial charge on any atom is -0.467 e. The number of rotatable bonds is 10. The number of hydrogen-bond acceptors (Lipinski definition) is 10. The van der Waals surface area contributed by atoms with E-state index in [1.54, 1.807) is 24.3 Å². The van der Waals surface area contributed by atoms with Gasteiger partial charge in [0, 0.05) is 38.8 Å². The number of non-ortho nitro benzene ring substituents is 1. The van der Waals surface area contributed by atoms with E-state index in [4.69, 9.17) is 5.21 Å². The zero-order chi connectivity index (χ0) is 28.0. The third kappa shape index (κ3) is 11.9. The zero-order valence-corrected chi connectivity index (χ0v) is 20.8. The molecule has 2 aromatic rings. The molecule has 4 N–H and O–H groups in total. The molecule has 0 aliphatic carbocycles. The lowest BCUT2D eigenvalue weighted by Gasteiger charge is -2.15. The summed E-state index contributed by atoms with van der Waals surface area (Å²) in [5.41, 5.74) is 4.07. The van der Waals surface area contributed by atoms with Crippen LogP contribution in [0, 0.1) is 10.1 Å². The number of hydrogen-bond donors (Lipinski definition) is 4. The number of ether oxygens (including phenoxy) is 2. The third-order valence-electron chi connectivity index (χ3n) is 4.84. The van der Waals surface area contributed by atoms with Crippen molar-refractivity contribution in [2.24, 2.45) is 0 Å². The van der Waals surface area contributed by atoms with Gasteiger partial charge >= 0.3 is 11.9 Å². The molecular formula is C25H34N4O9. The van der Waals surface area contributed by atoms with Crippen LogP contribution in [0.1, 0.15) is 32.4 Å². The van der Waals surface area contributed by atoms with Crippen molar-refractivity contribution in [3.05, 3.63) is 69.8 Å². The first kappa shape index (κ1) is 33.5. The molecule has 0 aromatic heterocycles. The smallest absolute Gasteiger partial charge is 0.328 e. The van der Waals surface area contributed by atoms with Gasteiger partial charge in [0.1, 0.15) is 12.1 Å². The molecule has 0 fully saturated rings. The summed E-state index contributed by atoms with van der Waals surface area (Å²) in [5, 5.41) is 24.2. The first-order valence-electron chi connectivity index (χ1n) is 10.9. The highest BCUT2D eigenvalue weighted by Gasteiger charge is 2.21. The van der Waals surface area contributed by atoms with Gasteiger partial charge in [-0.05, 0) is 23.3 Å². The molecule has 0 bridgehead atoms. The summed E-state index contributed by atoms with van der Waals surface area (Å²) >= 11 is 0. The number of nitro groups is 1. The Balaban J connectivity index is 0.000000703. The first-order valence-corrected chi connectivity index (χ1v) is 10.9. The van der Waals surface area contributed by atoms with E-state index in [-0.39, 0.29) is 31.3 Å². The van der Waals surface area contributed by atoms with Crippen molar-refractivity contribution in [3.8, 4) is 0 Å². The standard InChI is InChI=1S/C12H14N2O5.C12H16N2O4.CH4/c1-8(15)13-11(12(16)19-2)7-9-3-5-10(6-4-9)14(17)18;1-8(15)13-11(12(16)18-2)7-9-3-5-10(14-17)6-4-9;/h3-6,11H,7H2,1-2H3,(H,13,15);3-6,11,14,17H,7H2,1-2H3,(H,13,15);1H4/t2*11-;/m11./s1. The fourth-order valence-corrected chi connectivity index (χ4v) is 3.10. The third-order valence-corrected chi connectivity index (χ3v) is 4.84. The van der Waals surface area contributed by atoms with Crippen LogP contribution in [0.5, 0.6) is 0 Å². The lowest BCUT2D eigenvalue weighted by molar-refractivity contribution is -0.384. The van der Waals surface area contributed by atoms with Gasteiger partial charge in [0.2, 0.25) is 11.8 Å². The van der Waals surface area contributed by atoms with Crippen LogP contribution >= 0.6 is 0 Å². The Hall–Kier alpha value is -4.52. The number of benzene rings is 2. The Morgan fingerprint density at radius 3 is 1.47 bits per heavy atom. The number of amides is 2. The van der Waals surface area contributed by atoms with Crippen LogP contribution in [-0.2, 0) is 41.5 Å². The molecule has 0 aliphatic rings. The highest BCUT2D eigenvalue weighted by molar-refractivity contribution is 5.84. The van der Waals surface area contributed by atoms with Crippen LogP contribution in [0.15, 0.2) is 48.5 Å². The van der Waals surface area contributed by atoms with Crippen molar-refractivity contribution >= 4 is 35.1 Å². The zero-order valence-electron chi connectivity index (χ0n) is 20.8. The highest BCUT2D eigenvalue weighted by Crippen LogP contribution is 2.14. The molecule has 38 heavy (non-hydrogen) atoms. The molecular weight excluding hydrogens is 500 g/mol. The summed E-state index contributed by atoms with van der Waals surface area (Å²) in [6.45, 7) is 2.64. The summed E-state index contributed by atoms with van der Waals surface area (Å²) < 4.78 is 9.21. The Labute approximate surface area is 220 Å². The van der Waals surface area contributed by atoms with E-state index in [0.717, 1.165) is 5.56 Å². The normalized spacial score (nSPS) is 11.2. The van der Waals surface area contributed by atoms with Gasteiger partial charge in [-0.1, -0.05) is 31.7 Å². The quantitative estimate of drug-likeness (QED) is 0.200. The lowest BCUT2D eigenvalue weighted by atomic mass is 10.1. The van der Waals surface area contributed by atoms with Crippen molar-refractivity contribution in [3.63, 3.8) is 0 Å². The maximum atomic E-state index is 11.5. The van der Waals surface area contributed by atoms with Gasteiger partial charge in [-0.2, -0.15) is 0 Å². The lowest BCUT2D eigenvalue weighted by Crippen LogP contribution is -2.41. The summed E-state index contributed by atoms with van der Waals surface area (Å²) in [6, 6.07) is 11.1. The number of nitro benzene ring substituents is 1.